The van der Waals surface area contributed by atoms with Crippen LogP contribution in [0.4, 0.5) is 10.5 Å². The summed E-state index contributed by atoms with van der Waals surface area (Å²) in [7, 11) is 0. The molecule has 160 valence electrons. The molecule has 4 aromatic rings. The Hall–Kier alpha value is -3.78. The summed E-state index contributed by atoms with van der Waals surface area (Å²) in [6.07, 6.45) is -0.714. The van der Waals surface area contributed by atoms with Crippen LogP contribution in [-0.2, 0) is 4.74 Å². The highest BCUT2D eigenvalue weighted by Gasteiger charge is 2.29. The summed E-state index contributed by atoms with van der Waals surface area (Å²) < 4.78 is 5.58. The number of ether oxygens (including phenoxy) is 1. The fourth-order valence-electron chi connectivity index (χ4n) is 4.31. The molecule has 0 saturated heterocycles. The van der Waals surface area contributed by atoms with Gasteiger partial charge in [0.05, 0.1) is 16.8 Å². The van der Waals surface area contributed by atoms with Crippen LogP contribution in [0, 0.1) is 13.8 Å². The first-order valence-electron chi connectivity index (χ1n) is 10.1. The van der Waals surface area contributed by atoms with Crippen LogP contribution in [0.2, 0.25) is 0 Å². The Balaban J connectivity index is 1.42. The Morgan fingerprint density at radius 1 is 1.03 bits per heavy atom. The first kappa shape index (κ1) is 20.1. The second-order valence-electron chi connectivity index (χ2n) is 7.60. The molecule has 0 unspecified atom stereocenters. The SMILES string of the molecule is Cc1nc(C)c2c(NC(=O)OCC3c4ccccc4-c4ccccc43)c(C(=O)O)sc2n1. The van der Waals surface area contributed by atoms with Crippen molar-refractivity contribution in [2.24, 2.45) is 0 Å². The van der Waals surface area contributed by atoms with E-state index < -0.39 is 12.1 Å². The van der Waals surface area contributed by atoms with E-state index in [0.29, 0.717) is 21.7 Å². The van der Waals surface area contributed by atoms with Crippen molar-refractivity contribution in [1.29, 1.82) is 0 Å². The molecule has 8 heteroatoms. The quantitative estimate of drug-likeness (QED) is 0.438. The van der Waals surface area contributed by atoms with Gasteiger partial charge in [0.2, 0.25) is 0 Å². The zero-order valence-corrected chi connectivity index (χ0v) is 18.2. The van der Waals surface area contributed by atoms with Crippen molar-refractivity contribution in [3.63, 3.8) is 0 Å². The molecule has 1 aliphatic rings. The van der Waals surface area contributed by atoms with Gasteiger partial charge in [-0.3, -0.25) is 5.32 Å². The largest absolute Gasteiger partial charge is 0.477 e. The Bertz CT molecular complexity index is 1350. The average Bonchev–Trinajstić information content (AvgIpc) is 3.28. The number of carboxylic acid groups (broad SMARTS) is 1. The van der Waals surface area contributed by atoms with Crippen molar-refractivity contribution >= 4 is 39.3 Å². The highest BCUT2D eigenvalue weighted by atomic mass is 32.1. The monoisotopic (exact) mass is 445 g/mol. The molecule has 0 radical (unpaired) electrons. The number of benzene rings is 2. The number of anilines is 1. The zero-order valence-electron chi connectivity index (χ0n) is 17.4. The third kappa shape index (κ3) is 3.29. The molecule has 0 spiro atoms. The molecule has 0 saturated carbocycles. The maximum absolute atomic E-state index is 12.7. The van der Waals surface area contributed by atoms with Crippen LogP contribution in [0.15, 0.2) is 48.5 Å². The van der Waals surface area contributed by atoms with Crippen LogP contribution in [0.5, 0.6) is 0 Å². The predicted molar refractivity (Wildman–Crippen MR) is 123 cm³/mol. The molecule has 2 heterocycles. The third-order valence-electron chi connectivity index (χ3n) is 5.61. The normalized spacial score (nSPS) is 12.4. The van der Waals surface area contributed by atoms with Crippen molar-refractivity contribution in [2.45, 2.75) is 19.8 Å². The molecule has 1 aliphatic carbocycles. The van der Waals surface area contributed by atoms with Crippen molar-refractivity contribution in [2.75, 3.05) is 11.9 Å². The Labute approximate surface area is 187 Å². The van der Waals surface area contributed by atoms with Gasteiger partial charge in [0, 0.05) is 5.92 Å². The number of carboxylic acids is 1. The zero-order chi connectivity index (χ0) is 22.4. The lowest BCUT2D eigenvalue weighted by atomic mass is 9.98. The van der Waals surface area contributed by atoms with E-state index in [1.54, 1.807) is 13.8 Å². The number of amides is 1. The van der Waals surface area contributed by atoms with E-state index in [0.717, 1.165) is 33.6 Å². The molecule has 32 heavy (non-hydrogen) atoms. The number of aromatic carboxylic acids is 1. The van der Waals surface area contributed by atoms with E-state index in [1.807, 2.05) is 36.4 Å². The topological polar surface area (TPSA) is 101 Å². The van der Waals surface area contributed by atoms with Gasteiger partial charge < -0.3 is 9.84 Å². The van der Waals surface area contributed by atoms with Gasteiger partial charge in [-0.15, -0.1) is 11.3 Å². The van der Waals surface area contributed by atoms with Crippen LogP contribution in [-0.4, -0.2) is 33.7 Å². The number of nitrogens with zero attached hydrogens (tertiary/aromatic N) is 2. The van der Waals surface area contributed by atoms with Crippen LogP contribution >= 0.6 is 11.3 Å². The second-order valence-corrected chi connectivity index (χ2v) is 8.60. The molecule has 2 aromatic carbocycles. The maximum atomic E-state index is 12.7. The summed E-state index contributed by atoms with van der Waals surface area (Å²) in [5.41, 5.74) is 5.26. The van der Waals surface area contributed by atoms with Crippen molar-refractivity contribution in [3.8, 4) is 11.1 Å². The van der Waals surface area contributed by atoms with Gasteiger partial charge in [-0.05, 0) is 36.1 Å². The first-order valence-corrected chi connectivity index (χ1v) is 10.9. The summed E-state index contributed by atoms with van der Waals surface area (Å²) >= 11 is 1.01. The van der Waals surface area contributed by atoms with Gasteiger partial charge in [0.1, 0.15) is 22.1 Å². The highest BCUT2D eigenvalue weighted by molar-refractivity contribution is 7.21. The third-order valence-corrected chi connectivity index (χ3v) is 6.68. The van der Waals surface area contributed by atoms with Gasteiger partial charge in [-0.25, -0.2) is 19.6 Å². The lowest BCUT2D eigenvalue weighted by Gasteiger charge is -2.15. The van der Waals surface area contributed by atoms with Crippen LogP contribution in [0.3, 0.4) is 0 Å². The number of carbonyl (C=O) groups is 2. The molecule has 5 rings (SSSR count). The molecular formula is C24H19N3O4S. The van der Waals surface area contributed by atoms with Gasteiger partial charge >= 0.3 is 12.1 Å². The minimum Gasteiger partial charge on any atom is -0.477 e. The van der Waals surface area contributed by atoms with Crippen LogP contribution in [0.25, 0.3) is 21.3 Å². The van der Waals surface area contributed by atoms with Gasteiger partial charge in [-0.1, -0.05) is 48.5 Å². The number of nitrogens with one attached hydrogen (secondary N) is 1. The number of thiophene rings is 1. The number of hydrogen-bond acceptors (Lipinski definition) is 6. The number of rotatable bonds is 4. The number of fused-ring (bicyclic) bond motifs is 4. The summed E-state index contributed by atoms with van der Waals surface area (Å²) in [5.74, 6) is -0.682. The van der Waals surface area contributed by atoms with Crippen molar-refractivity contribution in [1.82, 2.24) is 9.97 Å². The molecule has 0 fully saturated rings. The minimum absolute atomic E-state index is 0.00323. The van der Waals surface area contributed by atoms with E-state index in [1.165, 1.54) is 0 Å². The number of carbonyl (C=O) groups excluding carboxylic acids is 1. The highest BCUT2D eigenvalue weighted by Crippen LogP contribution is 2.44. The Morgan fingerprint density at radius 2 is 1.66 bits per heavy atom. The standard InChI is InChI=1S/C24H19N3O4S/c1-12-19-20(21(23(28)29)32-22(19)26-13(2)25-12)27-24(30)31-11-18-16-9-5-3-7-14(16)15-8-4-6-10-17(15)18/h3-10,18H,11H2,1-2H3,(H,27,30)(H,28,29). The van der Waals surface area contributed by atoms with Crippen LogP contribution in [0.1, 0.15) is 38.2 Å². The average molecular weight is 446 g/mol. The van der Waals surface area contributed by atoms with Gasteiger partial charge in [-0.2, -0.15) is 0 Å². The number of aryl methyl sites for hydroxylation is 2. The lowest BCUT2D eigenvalue weighted by Crippen LogP contribution is -2.19. The van der Waals surface area contributed by atoms with E-state index in [4.69, 9.17) is 4.74 Å². The van der Waals surface area contributed by atoms with Gasteiger partial charge in [0.15, 0.2) is 0 Å². The van der Waals surface area contributed by atoms with E-state index in [9.17, 15) is 14.7 Å². The summed E-state index contributed by atoms with van der Waals surface area (Å²) in [5, 5.41) is 12.8. The fourth-order valence-corrected chi connectivity index (χ4v) is 5.38. The van der Waals surface area contributed by atoms with Crippen molar-refractivity contribution in [3.05, 3.63) is 76.1 Å². The molecule has 7 nitrogen and oxygen atoms in total. The summed E-state index contributed by atoms with van der Waals surface area (Å²) in [6.45, 7) is 3.64. The number of aromatic nitrogens is 2. The number of hydrogen-bond donors (Lipinski definition) is 2. The molecular weight excluding hydrogens is 426 g/mol. The molecule has 2 N–H and O–H groups in total. The first-order chi connectivity index (χ1) is 15.4. The van der Waals surface area contributed by atoms with E-state index in [-0.39, 0.29) is 23.1 Å². The molecule has 0 atom stereocenters. The molecule has 0 bridgehead atoms. The minimum atomic E-state index is -1.14. The van der Waals surface area contributed by atoms with E-state index in [2.05, 4.69) is 27.4 Å². The summed E-state index contributed by atoms with van der Waals surface area (Å²) in [6, 6.07) is 16.1. The second kappa shape index (κ2) is 7.72. The molecule has 2 aromatic heterocycles. The summed E-state index contributed by atoms with van der Waals surface area (Å²) in [4.78, 5) is 33.6. The predicted octanol–water partition coefficient (Wildman–Crippen LogP) is 5.37. The molecule has 0 aliphatic heterocycles. The van der Waals surface area contributed by atoms with Crippen LogP contribution < -0.4 is 5.32 Å². The lowest BCUT2D eigenvalue weighted by molar-refractivity contribution is 0.0703. The maximum Gasteiger partial charge on any atom is 0.411 e. The molecule has 1 amide bonds. The Morgan fingerprint density at radius 3 is 2.28 bits per heavy atom. The Kier molecular flexibility index (Phi) is 4.86. The smallest absolute Gasteiger partial charge is 0.411 e. The fraction of sp³-hybridized carbons (Fsp3) is 0.167. The van der Waals surface area contributed by atoms with Crippen molar-refractivity contribution < 1.29 is 19.4 Å². The van der Waals surface area contributed by atoms with E-state index >= 15 is 0 Å². The van der Waals surface area contributed by atoms with Gasteiger partial charge in [0.25, 0.3) is 0 Å².